The Hall–Kier alpha value is -1.91. The molecule has 2 saturated heterocycles. The van der Waals surface area contributed by atoms with Gasteiger partial charge in [0.15, 0.2) is 0 Å². The predicted molar refractivity (Wildman–Crippen MR) is 99.6 cm³/mol. The summed E-state index contributed by atoms with van der Waals surface area (Å²) in [5, 5.41) is 11.3. The van der Waals surface area contributed by atoms with E-state index >= 15 is 0 Å². The van der Waals surface area contributed by atoms with Gasteiger partial charge in [-0.05, 0) is 55.9 Å². The Kier molecular flexibility index (Phi) is 4.49. The monoisotopic (exact) mass is 355 g/mol. The van der Waals surface area contributed by atoms with E-state index in [1.165, 1.54) is 17.7 Å². The fourth-order valence-electron chi connectivity index (χ4n) is 4.90. The van der Waals surface area contributed by atoms with Gasteiger partial charge in [-0.2, -0.15) is 0 Å². The normalized spacial score (nSPS) is 28.3. The van der Waals surface area contributed by atoms with Gasteiger partial charge in [0.25, 0.3) is 0 Å². The van der Waals surface area contributed by atoms with Gasteiger partial charge in [0.05, 0.1) is 12.7 Å². The summed E-state index contributed by atoms with van der Waals surface area (Å²) < 4.78 is 18.9. The molecule has 0 saturated carbocycles. The molecule has 0 amide bonds. The van der Waals surface area contributed by atoms with Gasteiger partial charge >= 0.3 is 0 Å². The molecule has 138 valence electrons. The molecular formula is C22H26FNO2. The van der Waals surface area contributed by atoms with Crippen LogP contribution in [0.4, 0.5) is 4.39 Å². The zero-order chi connectivity index (χ0) is 18.3. The average molecular weight is 355 g/mol. The summed E-state index contributed by atoms with van der Waals surface area (Å²) in [6.45, 7) is 2.92. The molecular weight excluding hydrogens is 329 g/mol. The summed E-state index contributed by atoms with van der Waals surface area (Å²) in [5.41, 5.74) is 2.34. The smallest absolute Gasteiger partial charge is 0.126 e. The fourth-order valence-corrected chi connectivity index (χ4v) is 4.90. The lowest BCUT2D eigenvalue weighted by Crippen LogP contribution is -2.49. The maximum Gasteiger partial charge on any atom is 0.126 e. The summed E-state index contributed by atoms with van der Waals surface area (Å²) >= 11 is 0. The molecule has 2 aliphatic rings. The van der Waals surface area contributed by atoms with Gasteiger partial charge in [-0.15, -0.1) is 0 Å². The maximum absolute atomic E-state index is 13.3. The molecule has 26 heavy (non-hydrogen) atoms. The molecule has 0 spiro atoms. The van der Waals surface area contributed by atoms with Crippen LogP contribution in [0, 0.1) is 12.7 Å². The summed E-state index contributed by atoms with van der Waals surface area (Å²) in [6, 6.07) is 13.3. The van der Waals surface area contributed by atoms with Gasteiger partial charge in [0.1, 0.15) is 11.6 Å². The van der Waals surface area contributed by atoms with Crippen molar-refractivity contribution >= 4 is 0 Å². The van der Waals surface area contributed by atoms with Crippen molar-refractivity contribution in [2.75, 3.05) is 7.11 Å². The molecule has 4 heteroatoms. The zero-order valence-corrected chi connectivity index (χ0v) is 15.4. The largest absolute Gasteiger partial charge is 0.496 e. The lowest BCUT2D eigenvalue weighted by Gasteiger charge is -2.44. The molecule has 3 nitrogen and oxygen atoms in total. The first-order valence-electron chi connectivity index (χ1n) is 9.37. The predicted octanol–water partition coefficient (Wildman–Crippen LogP) is 4.16. The fraction of sp³-hybridized carbons (Fsp3) is 0.455. The van der Waals surface area contributed by atoms with Crippen molar-refractivity contribution in [3.8, 4) is 5.75 Å². The summed E-state index contributed by atoms with van der Waals surface area (Å²) in [4.78, 5) is 2.52. The number of aryl methyl sites for hydroxylation is 1. The Labute approximate surface area is 154 Å². The molecule has 2 aliphatic heterocycles. The van der Waals surface area contributed by atoms with E-state index in [1.54, 1.807) is 19.2 Å². The molecule has 0 aliphatic carbocycles. The van der Waals surface area contributed by atoms with Crippen LogP contribution in [0.1, 0.15) is 42.4 Å². The van der Waals surface area contributed by atoms with E-state index in [0.717, 1.165) is 36.3 Å². The van der Waals surface area contributed by atoms with Crippen molar-refractivity contribution in [1.82, 2.24) is 4.90 Å². The number of para-hydroxylation sites is 1. The van der Waals surface area contributed by atoms with Crippen LogP contribution < -0.4 is 4.74 Å². The highest BCUT2D eigenvalue weighted by molar-refractivity contribution is 5.41. The van der Waals surface area contributed by atoms with Gasteiger partial charge in [-0.3, -0.25) is 4.90 Å². The summed E-state index contributed by atoms with van der Waals surface area (Å²) in [5.74, 6) is 0.704. The number of aliphatic hydroxyl groups is 1. The molecule has 1 unspecified atom stereocenters. The van der Waals surface area contributed by atoms with Crippen molar-refractivity contribution in [3.05, 3.63) is 65.0 Å². The van der Waals surface area contributed by atoms with E-state index in [0.29, 0.717) is 24.9 Å². The van der Waals surface area contributed by atoms with Crippen LogP contribution in [0.3, 0.4) is 0 Å². The Balaban J connectivity index is 1.56. The topological polar surface area (TPSA) is 32.7 Å². The Bertz CT molecular complexity index is 775. The van der Waals surface area contributed by atoms with Crippen LogP contribution in [-0.4, -0.2) is 29.2 Å². The first-order chi connectivity index (χ1) is 12.5. The SMILES string of the molecule is COc1c(C)cccc1CN1[C@@H]2CC[C@H]1CC(O)(c1ccc(F)cc1)C2. The van der Waals surface area contributed by atoms with E-state index in [2.05, 4.69) is 30.0 Å². The zero-order valence-electron chi connectivity index (χ0n) is 15.4. The molecule has 2 aromatic rings. The number of nitrogens with zero attached hydrogens (tertiary/aromatic N) is 1. The van der Waals surface area contributed by atoms with E-state index in [9.17, 15) is 9.50 Å². The number of fused-ring (bicyclic) bond motifs is 2. The molecule has 4 rings (SSSR count). The third-order valence-corrected chi connectivity index (χ3v) is 6.15. The second-order valence-electron chi connectivity index (χ2n) is 7.77. The Morgan fingerprint density at radius 2 is 1.77 bits per heavy atom. The molecule has 0 aromatic heterocycles. The third kappa shape index (κ3) is 3.01. The first kappa shape index (κ1) is 17.5. The molecule has 2 heterocycles. The van der Waals surface area contributed by atoms with Gasteiger partial charge in [-0.25, -0.2) is 4.39 Å². The van der Waals surface area contributed by atoms with Gasteiger partial charge in [0.2, 0.25) is 0 Å². The van der Waals surface area contributed by atoms with Crippen molar-refractivity contribution in [2.24, 2.45) is 0 Å². The average Bonchev–Trinajstić information content (AvgIpc) is 2.86. The Morgan fingerprint density at radius 3 is 2.38 bits per heavy atom. The van der Waals surface area contributed by atoms with Gasteiger partial charge in [-0.1, -0.05) is 30.3 Å². The van der Waals surface area contributed by atoms with Crippen molar-refractivity contribution < 1.29 is 14.2 Å². The highest BCUT2D eigenvalue weighted by Crippen LogP contribution is 2.46. The minimum absolute atomic E-state index is 0.260. The van der Waals surface area contributed by atoms with E-state index in [1.807, 2.05) is 0 Å². The minimum atomic E-state index is -0.854. The van der Waals surface area contributed by atoms with Crippen molar-refractivity contribution in [2.45, 2.75) is 56.8 Å². The quantitative estimate of drug-likeness (QED) is 0.894. The minimum Gasteiger partial charge on any atom is -0.496 e. The Morgan fingerprint density at radius 1 is 1.12 bits per heavy atom. The number of rotatable bonds is 4. The third-order valence-electron chi connectivity index (χ3n) is 6.15. The van der Waals surface area contributed by atoms with Crippen molar-refractivity contribution in [3.63, 3.8) is 0 Å². The lowest BCUT2D eigenvalue weighted by atomic mass is 9.80. The van der Waals surface area contributed by atoms with Crippen LogP contribution >= 0.6 is 0 Å². The summed E-state index contributed by atoms with van der Waals surface area (Å²) in [7, 11) is 1.73. The number of methoxy groups -OCH3 is 1. The number of benzene rings is 2. The number of piperidine rings is 1. The van der Waals surface area contributed by atoms with Gasteiger partial charge in [0, 0.05) is 24.2 Å². The standard InChI is InChI=1S/C22H26FNO2/c1-15-4-3-5-16(21(15)26-2)14-24-19-10-11-20(24)13-22(25,12-19)17-6-8-18(23)9-7-17/h3-9,19-20,25H,10-14H2,1-2H3/t19-,20+,22?. The highest BCUT2D eigenvalue weighted by atomic mass is 19.1. The number of hydrogen-bond acceptors (Lipinski definition) is 3. The molecule has 2 bridgehead atoms. The van der Waals surface area contributed by atoms with E-state index < -0.39 is 5.60 Å². The molecule has 3 atom stereocenters. The van der Waals surface area contributed by atoms with Crippen LogP contribution in [0.2, 0.25) is 0 Å². The van der Waals surface area contributed by atoms with E-state index in [4.69, 9.17) is 4.74 Å². The number of hydrogen-bond donors (Lipinski definition) is 1. The van der Waals surface area contributed by atoms with Crippen LogP contribution in [-0.2, 0) is 12.1 Å². The second kappa shape index (κ2) is 6.67. The number of halogens is 1. The van der Waals surface area contributed by atoms with Gasteiger partial charge < -0.3 is 9.84 Å². The maximum atomic E-state index is 13.3. The van der Waals surface area contributed by atoms with Crippen LogP contribution in [0.15, 0.2) is 42.5 Å². The number of ether oxygens (including phenoxy) is 1. The highest BCUT2D eigenvalue weighted by Gasteiger charge is 2.48. The summed E-state index contributed by atoms with van der Waals surface area (Å²) in [6.07, 6.45) is 3.59. The first-order valence-corrected chi connectivity index (χ1v) is 9.37. The van der Waals surface area contributed by atoms with Crippen LogP contribution in [0.25, 0.3) is 0 Å². The van der Waals surface area contributed by atoms with E-state index in [-0.39, 0.29) is 5.82 Å². The lowest BCUT2D eigenvalue weighted by molar-refractivity contribution is -0.0596. The van der Waals surface area contributed by atoms with Crippen LogP contribution in [0.5, 0.6) is 5.75 Å². The van der Waals surface area contributed by atoms with Crippen molar-refractivity contribution in [1.29, 1.82) is 0 Å². The molecule has 2 aromatic carbocycles. The molecule has 1 N–H and O–H groups in total. The second-order valence-corrected chi connectivity index (χ2v) is 7.77. The molecule has 0 radical (unpaired) electrons. The molecule has 2 fully saturated rings.